The number of nitrogens with zero attached hydrogens (tertiary/aromatic N) is 2. The van der Waals surface area contributed by atoms with Crippen LogP contribution in [0.4, 0.5) is 11.4 Å². The minimum absolute atomic E-state index is 0.00892. The highest BCUT2D eigenvalue weighted by Crippen LogP contribution is 2.40. The van der Waals surface area contributed by atoms with Crippen LogP contribution in [0.25, 0.3) is 27.3 Å². The molecule has 0 aliphatic carbocycles. The SMILES string of the molecule is Cc1ccc(C(=O)C2=C(OCC(=O)N(c3cccc4ccccc34)c3cccc4ccccc34)c3ccccc3S(=O)(=O)N2C)cc1. The number of anilines is 2. The van der Waals surface area contributed by atoms with Crippen molar-refractivity contribution in [1.29, 1.82) is 0 Å². The summed E-state index contributed by atoms with van der Waals surface area (Å²) in [5, 5.41) is 3.68. The highest BCUT2D eigenvalue weighted by molar-refractivity contribution is 7.89. The number of carbonyl (C=O) groups is 2. The van der Waals surface area contributed by atoms with Gasteiger partial charge in [0.2, 0.25) is 5.78 Å². The fraction of sp³-hybridized carbons (Fsp3) is 0.0769. The number of Topliss-reactive ketones (excluding diaryl/α,β-unsaturated/α-hetero) is 1. The fourth-order valence-corrected chi connectivity index (χ4v) is 7.45. The van der Waals surface area contributed by atoms with E-state index < -0.39 is 28.3 Å². The molecule has 1 aliphatic heterocycles. The lowest BCUT2D eigenvalue weighted by molar-refractivity contribution is -0.120. The summed E-state index contributed by atoms with van der Waals surface area (Å²) < 4.78 is 34.5. The molecule has 6 aromatic carbocycles. The van der Waals surface area contributed by atoms with Crippen LogP contribution in [-0.2, 0) is 19.6 Å². The number of ketones is 1. The van der Waals surface area contributed by atoms with E-state index in [0.29, 0.717) is 16.9 Å². The topological polar surface area (TPSA) is 84.0 Å². The van der Waals surface area contributed by atoms with Crippen LogP contribution >= 0.6 is 0 Å². The largest absolute Gasteiger partial charge is 0.481 e. The van der Waals surface area contributed by atoms with Gasteiger partial charge in [-0.2, -0.15) is 0 Å². The minimum atomic E-state index is -4.07. The summed E-state index contributed by atoms with van der Waals surface area (Å²) in [6, 6.07) is 40.5. The first-order chi connectivity index (χ1) is 22.8. The van der Waals surface area contributed by atoms with Gasteiger partial charge in [-0.25, -0.2) is 8.42 Å². The monoisotopic (exact) mass is 638 g/mol. The number of carbonyl (C=O) groups excluding carboxylic acids is 2. The maximum absolute atomic E-state index is 14.5. The maximum atomic E-state index is 14.5. The normalized spacial score (nSPS) is 13.8. The summed E-state index contributed by atoms with van der Waals surface area (Å²) in [4.78, 5) is 30.2. The van der Waals surface area contributed by atoms with E-state index >= 15 is 0 Å². The summed E-state index contributed by atoms with van der Waals surface area (Å²) in [7, 11) is -2.74. The van der Waals surface area contributed by atoms with Crippen molar-refractivity contribution in [1.82, 2.24) is 4.31 Å². The van der Waals surface area contributed by atoms with Crippen LogP contribution in [0, 0.1) is 6.92 Å². The Kier molecular flexibility index (Phi) is 7.58. The number of rotatable bonds is 7. The van der Waals surface area contributed by atoms with Crippen molar-refractivity contribution in [3.05, 3.63) is 156 Å². The van der Waals surface area contributed by atoms with Crippen LogP contribution in [0.15, 0.2) is 144 Å². The Balaban J connectivity index is 1.37. The van der Waals surface area contributed by atoms with Gasteiger partial charge >= 0.3 is 0 Å². The van der Waals surface area contributed by atoms with E-state index in [4.69, 9.17) is 4.74 Å². The van der Waals surface area contributed by atoms with Crippen molar-refractivity contribution in [2.45, 2.75) is 11.8 Å². The standard InChI is InChI=1S/C39H30N2O5S/c1-26-21-23-29(24-22-26)38(43)37-39(32-17-7-8-20-35(32)47(44,45)40(37)2)46-25-36(42)41(33-18-9-13-27-11-3-5-15-30(27)33)34-19-10-14-28-12-4-6-16-31(28)34/h3-24H,25H2,1-2H3. The van der Waals surface area contributed by atoms with Crippen molar-refractivity contribution in [2.24, 2.45) is 0 Å². The van der Waals surface area contributed by atoms with Gasteiger partial charge in [0.15, 0.2) is 12.4 Å². The number of amides is 1. The zero-order valence-electron chi connectivity index (χ0n) is 25.8. The van der Waals surface area contributed by atoms with Crippen molar-refractivity contribution >= 4 is 60.4 Å². The first-order valence-electron chi connectivity index (χ1n) is 15.1. The molecule has 0 spiro atoms. The number of benzene rings is 6. The molecule has 1 heterocycles. The third kappa shape index (κ3) is 5.22. The smallest absolute Gasteiger partial charge is 0.269 e. The van der Waals surface area contributed by atoms with Gasteiger partial charge in [0.05, 0.1) is 16.3 Å². The Hall–Kier alpha value is -5.73. The van der Waals surface area contributed by atoms with E-state index in [1.165, 1.54) is 13.1 Å². The molecule has 47 heavy (non-hydrogen) atoms. The van der Waals surface area contributed by atoms with Crippen LogP contribution in [0.1, 0.15) is 21.5 Å². The lowest BCUT2D eigenvalue weighted by atomic mass is 10.0. The molecule has 232 valence electrons. The Morgan fingerprint density at radius 3 is 1.83 bits per heavy atom. The number of sulfonamides is 1. The molecule has 0 atom stereocenters. The van der Waals surface area contributed by atoms with Crippen LogP contribution in [-0.4, -0.2) is 38.1 Å². The molecule has 1 amide bonds. The number of likely N-dealkylation sites (N-methyl/N-ethyl adjacent to an activating group) is 1. The minimum Gasteiger partial charge on any atom is -0.481 e. The Labute approximate surface area is 273 Å². The summed E-state index contributed by atoms with van der Waals surface area (Å²) >= 11 is 0. The quantitative estimate of drug-likeness (QED) is 0.166. The Bertz CT molecular complexity index is 2260. The molecule has 0 saturated heterocycles. The molecular weight excluding hydrogens is 609 g/mol. The van der Waals surface area contributed by atoms with Crippen LogP contribution in [0.5, 0.6) is 0 Å². The van der Waals surface area contributed by atoms with Crippen LogP contribution in [0.2, 0.25) is 0 Å². The van der Waals surface area contributed by atoms with E-state index in [1.54, 1.807) is 47.4 Å². The number of hydrogen-bond donors (Lipinski definition) is 0. The molecule has 0 N–H and O–H groups in total. The van der Waals surface area contributed by atoms with Gasteiger partial charge in [-0.15, -0.1) is 0 Å². The van der Waals surface area contributed by atoms with Crippen LogP contribution < -0.4 is 4.90 Å². The Morgan fingerprint density at radius 1 is 0.681 bits per heavy atom. The third-order valence-corrected chi connectivity index (χ3v) is 10.2. The number of hydrogen-bond acceptors (Lipinski definition) is 5. The second kappa shape index (κ2) is 11.9. The van der Waals surface area contributed by atoms with E-state index in [0.717, 1.165) is 31.4 Å². The number of fused-ring (bicyclic) bond motifs is 3. The summed E-state index contributed by atoms with van der Waals surface area (Å²) in [6.45, 7) is 1.42. The molecule has 0 aromatic heterocycles. The molecule has 6 aromatic rings. The molecule has 0 saturated carbocycles. The van der Waals surface area contributed by atoms with E-state index in [-0.39, 0.29) is 21.9 Å². The summed E-state index contributed by atoms with van der Waals surface area (Å²) in [6.07, 6.45) is 0. The predicted octanol–water partition coefficient (Wildman–Crippen LogP) is 7.87. The average molecular weight is 639 g/mol. The van der Waals surface area contributed by atoms with Gasteiger partial charge in [0, 0.05) is 28.9 Å². The summed E-state index contributed by atoms with van der Waals surface area (Å²) in [5.41, 5.74) is 2.64. The fourth-order valence-electron chi connectivity index (χ4n) is 6.05. The van der Waals surface area contributed by atoms with Gasteiger partial charge in [-0.1, -0.05) is 115 Å². The number of allylic oxidation sites excluding steroid dienone is 1. The van der Waals surface area contributed by atoms with Gasteiger partial charge in [0.25, 0.3) is 15.9 Å². The highest BCUT2D eigenvalue weighted by atomic mass is 32.2. The third-order valence-electron chi connectivity index (χ3n) is 8.43. The molecular formula is C39H30N2O5S. The van der Waals surface area contributed by atoms with Crippen molar-refractivity contribution in [3.8, 4) is 0 Å². The van der Waals surface area contributed by atoms with Gasteiger partial charge in [-0.3, -0.25) is 18.8 Å². The first-order valence-corrected chi connectivity index (χ1v) is 16.5. The molecule has 1 aliphatic rings. The number of aryl methyl sites for hydroxylation is 1. The van der Waals surface area contributed by atoms with Crippen molar-refractivity contribution in [2.75, 3.05) is 18.6 Å². The molecule has 0 radical (unpaired) electrons. The van der Waals surface area contributed by atoms with Crippen molar-refractivity contribution < 1.29 is 22.7 Å². The predicted molar refractivity (Wildman–Crippen MR) is 185 cm³/mol. The molecule has 0 bridgehead atoms. The molecule has 8 heteroatoms. The second-order valence-electron chi connectivity index (χ2n) is 11.4. The lowest BCUT2D eigenvalue weighted by Crippen LogP contribution is -2.36. The molecule has 7 nitrogen and oxygen atoms in total. The van der Waals surface area contributed by atoms with E-state index in [9.17, 15) is 18.0 Å². The first kappa shape index (κ1) is 30.0. The van der Waals surface area contributed by atoms with Gasteiger partial charge < -0.3 is 4.74 Å². The molecule has 0 fully saturated rings. The Morgan fingerprint density at radius 2 is 1.21 bits per heavy atom. The van der Waals surface area contributed by atoms with E-state index in [2.05, 4.69) is 0 Å². The zero-order valence-corrected chi connectivity index (χ0v) is 26.6. The molecule has 0 unspecified atom stereocenters. The van der Waals surface area contributed by atoms with Gasteiger partial charge in [-0.05, 0) is 42.0 Å². The zero-order chi connectivity index (χ0) is 32.7. The summed E-state index contributed by atoms with van der Waals surface area (Å²) in [5.74, 6) is -0.915. The van der Waals surface area contributed by atoms with Gasteiger partial charge in [0.1, 0.15) is 5.70 Å². The van der Waals surface area contributed by atoms with E-state index in [1.807, 2.05) is 91.9 Å². The maximum Gasteiger partial charge on any atom is 0.269 e. The second-order valence-corrected chi connectivity index (χ2v) is 13.3. The highest BCUT2D eigenvalue weighted by Gasteiger charge is 2.39. The number of ether oxygens (including phenoxy) is 1. The average Bonchev–Trinajstić information content (AvgIpc) is 3.10. The lowest BCUT2D eigenvalue weighted by Gasteiger charge is -2.31. The van der Waals surface area contributed by atoms with Crippen LogP contribution in [0.3, 0.4) is 0 Å². The molecule has 7 rings (SSSR count). The van der Waals surface area contributed by atoms with Crippen molar-refractivity contribution in [3.63, 3.8) is 0 Å².